The maximum absolute atomic E-state index is 12.5. The van der Waals surface area contributed by atoms with Gasteiger partial charge in [-0.1, -0.05) is 6.92 Å². The molecule has 0 saturated carbocycles. The van der Waals surface area contributed by atoms with Crippen molar-refractivity contribution in [3.05, 3.63) is 16.1 Å². The van der Waals surface area contributed by atoms with Crippen LogP contribution in [0.1, 0.15) is 30.5 Å². The van der Waals surface area contributed by atoms with Crippen molar-refractivity contribution in [2.24, 2.45) is 4.99 Å². The number of aliphatic imine (C=N–C) groups is 1. The summed E-state index contributed by atoms with van der Waals surface area (Å²) in [4.78, 5) is 10.2. The number of hydrogen-bond acceptors (Lipinski definition) is 4. The van der Waals surface area contributed by atoms with Crippen LogP contribution >= 0.6 is 35.3 Å². The normalized spacial score (nSPS) is 18.9. The Morgan fingerprint density at radius 1 is 1.44 bits per heavy atom. The molecule has 1 fully saturated rings. The molecule has 0 aliphatic carbocycles. The molecule has 2 N–H and O–H groups in total. The molecule has 1 aromatic rings. The summed E-state index contributed by atoms with van der Waals surface area (Å²) in [6.07, 6.45) is -1.53. The van der Waals surface area contributed by atoms with Gasteiger partial charge in [0.15, 0.2) is 11.7 Å². The first-order chi connectivity index (χ1) is 11.4. The van der Waals surface area contributed by atoms with Gasteiger partial charge >= 0.3 is 6.18 Å². The first-order valence-electron chi connectivity index (χ1n) is 8.14. The van der Waals surface area contributed by atoms with Gasteiger partial charge in [0, 0.05) is 38.0 Å². The molecule has 144 valence electrons. The molecule has 1 saturated heterocycles. The van der Waals surface area contributed by atoms with E-state index in [4.69, 9.17) is 0 Å². The van der Waals surface area contributed by atoms with Gasteiger partial charge < -0.3 is 10.6 Å². The van der Waals surface area contributed by atoms with Crippen molar-refractivity contribution >= 4 is 41.3 Å². The van der Waals surface area contributed by atoms with E-state index in [-0.39, 0.29) is 24.0 Å². The van der Waals surface area contributed by atoms with E-state index in [9.17, 15) is 13.2 Å². The van der Waals surface area contributed by atoms with Crippen LogP contribution in [0.15, 0.2) is 10.4 Å². The van der Waals surface area contributed by atoms with Crippen LogP contribution in [-0.4, -0.2) is 55.1 Å². The zero-order chi connectivity index (χ0) is 17.6. The molecule has 1 aliphatic heterocycles. The zero-order valence-corrected chi connectivity index (χ0v) is 17.5. The number of aromatic nitrogens is 1. The van der Waals surface area contributed by atoms with Gasteiger partial charge in [0.1, 0.15) is 0 Å². The summed E-state index contributed by atoms with van der Waals surface area (Å²) < 4.78 is 37.5. The minimum Gasteiger partial charge on any atom is -0.356 e. The zero-order valence-electron chi connectivity index (χ0n) is 14.4. The van der Waals surface area contributed by atoms with Crippen LogP contribution in [0.5, 0.6) is 0 Å². The molecular formula is C15H25F3IN5S. The van der Waals surface area contributed by atoms with Gasteiger partial charge in [0.2, 0.25) is 0 Å². The minimum atomic E-state index is -4.37. The summed E-state index contributed by atoms with van der Waals surface area (Å²) in [5, 5.41) is 7.95. The van der Waals surface area contributed by atoms with Crippen molar-refractivity contribution in [3.63, 3.8) is 0 Å². The van der Waals surface area contributed by atoms with Crippen molar-refractivity contribution in [1.29, 1.82) is 0 Å². The number of hydrogen-bond donors (Lipinski definition) is 2. The molecule has 10 heteroatoms. The predicted octanol–water partition coefficient (Wildman–Crippen LogP) is 2.97. The SMILES string of the molecule is CCN1CCCC1CNC(=NC)NCCc1nc(C(F)(F)F)cs1.I. The molecular weight excluding hydrogens is 466 g/mol. The van der Waals surface area contributed by atoms with Crippen LogP contribution < -0.4 is 10.6 Å². The fourth-order valence-corrected chi connectivity index (χ4v) is 3.63. The molecule has 1 unspecified atom stereocenters. The lowest BCUT2D eigenvalue weighted by Crippen LogP contribution is -2.45. The van der Waals surface area contributed by atoms with Crippen LogP contribution in [0.2, 0.25) is 0 Å². The van der Waals surface area contributed by atoms with Crippen LogP contribution in [0, 0.1) is 0 Å². The van der Waals surface area contributed by atoms with Crippen LogP contribution in [0.25, 0.3) is 0 Å². The predicted molar refractivity (Wildman–Crippen MR) is 106 cm³/mol. The lowest BCUT2D eigenvalue weighted by atomic mass is 10.2. The highest BCUT2D eigenvalue weighted by atomic mass is 127. The summed E-state index contributed by atoms with van der Waals surface area (Å²) in [5.41, 5.74) is -0.814. The number of likely N-dealkylation sites (N-methyl/N-ethyl adjacent to an activating group) is 1. The van der Waals surface area contributed by atoms with Crippen molar-refractivity contribution < 1.29 is 13.2 Å². The van der Waals surface area contributed by atoms with Crippen LogP contribution in [0.3, 0.4) is 0 Å². The third-order valence-electron chi connectivity index (χ3n) is 4.11. The number of halogens is 4. The number of nitrogens with one attached hydrogen (secondary N) is 2. The summed E-state index contributed by atoms with van der Waals surface area (Å²) in [6.45, 7) is 5.66. The molecule has 1 aliphatic rings. The smallest absolute Gasteiger partial charge is 0.356 e. The van der Waals surface area contributed by atoms with Gasteiger partial charge in [-0.2, -0.15) is 13.2 Å². The second-order valence-electron chi connectivity index (χ2n) is 5.68. The fourth-order valence-electron chi connectivity index (χ4n) is 2.82. The molecule has 0 spiro atoms. The number of nitrogens with zero attached hydrogens (tertiary/aromatic N) is 3. The molecule has 1 atom stereocenters. The molecule has 2 heterocycles. The lowest BCUT2D eigenvalue weighted by Gasteiger charge is -2.23. The number of guanidine groups is 1. The van der Waals surface area contributed by atoms with Crippen molar-refractivity contribution in [2.75, 3.05) is 33.2 Å². The Balaban J connectivity index is 0.00000312. The van der Waals surface area contributed by atoms with E-state index in [1.807, 2.05) is 0 Å². The highest BCUT2D eigenvalue weighted by molar-refractivity contribution is 14.0. The topological polar surface area (TPSA) is 52.5 Å². The molecule has 25 heavy (non-hydrogen) atoms. The van der Waals surface area contributed by atoms with E-state index < -0.39 is 11.9 Å². The average molecular weight is 491 g/mol. The average Bonchev–Trinajstić information content (AvgIpc) is 3.18. The third-order valence-corrected chi connectivity index (χ3v) is 5.02. The van der Waals surface area contributed by atoms with E-state index in [1.54, 1.807) is 7.05 Å². The molecule has 1 aromatic heterocycles. The first-order valence-corrected chi connectivity index (χ1v) is 9.02. The van der Waals surface area contributed by atoms with E-state index >= 15 is 0 Å². The van der Waals surface area contributed by atoms with E-state index in [0.717, 1.165) is 36.4 Å². The molecule has 5 nitrogen and oxygen atoms in total. The molecule has 2 rings (SSSR count). The number of thiazole rings is 1. The Labute approximate surface area is 167 Å². The summed E-state index contributed by atoms with van der Waals surface area (Å²) in [5.74, 6) is 0.672. The molecule has 0 amide bonds. The van der Waals surface area contributed by atoms with Crippen LogP contribution in [0.4, 0.5) is 13.2 Å². The quantitative estimate of drug-likeness (QED) is 0.365. The maximum Gasteiger partial charge on any atom is 0.434 e. The monoisotopic (exact) mass is 491 g/mol. The van der Waals surface area contributed by atoms with E-state index in [1.165, 1.54) is 12.8 Å². The highest BCUT2D eigenvalue weighted by Crippen LogP contribution is 2.29. The van der Waals surface area contributed by atoms with Gasteiger partial charge in [0.25, 0.3) is 0 Å². The van der Waals surface area contributed by atoms with Crippen molar-refractivity contribution in [2.45, 2.75) is 38.4 Å². The van der Waals surface area contributed by atoms with Gasteiger partial charge in [-0.05, 0) is 25.9 Å². The van der Waals surface area contributed by atoms with Gasteiger partial charge in [-0.3, -0.25) is 9.89 Å². The Morgan fingerprint density at radius 3 is 2.80 bits per heavy atom. The Hall–Kier alpha value is -0.620. The standard InChI is InChI=1S/C15H24F3N5S.HI/c1-3-23-8-4-5-11(23)9-21-14(19-2)20-7-6-13-22-12(10-24-13)15(16,17)18;/h10-11H,3-9H2,1-2H3,(H2,19,20,21);1H. The van der Waals surface area contributed by atoms with E-state index in [2.05, 4.69) is 32.4 Å². The second kappa shape index (κ2) is 10.5. The number of alkyl halides is 3. The summed E-state index contributed by atoms with van der Waals surface area (Å²) in [7, 11) is 1.69. The first kappa shape index (κ1) is 22.4. The molecule has 0 radical (unpaired) electrons. The number of rotatable bonds is 6. The lowest BCUT2D eigenvalue weighted by molar-refractivity contribution is -0.140. The molecule has 0 aromatic carbocycles. The van der Waals surface area contributed by atoms with Crippen molar-refractivity contribution in [3.8, 4) is 0 Å². The second-order valence-corrected chi connectivity index (χ2v) is 6.62. The van der Waals surface area contributed by atoms with Gasteiger partial charge in [-0.15, -0.1) is 35.3 Å². The fraction of sp³-hybridized carbons (Fsp3) is 0.733. The number of likely N-dealkylation sites (tertiary alicyclic amines) is 1. The maximum atomic E-state index is 12.5. The third kappa shape index (κ3) is 6.89. The minimum absolute atomic E-state index is 0. The van der Waals surface area contributed by atoms with Crippen LogP contribution in [-0.2, 0) is 12.6 Å². The molecule has 0 bridgehead atoms. The van der Waals surface area contributed by atoms with Gasteiger partial charge in [0.05, 0.1) is 5.01 Å². The summed E-state index contributed by atoms with van der Waals surface area (Å²) >= 11 is 1.03. The Morgan fingerprint density at radius 2 is 2.20 bits per heavy atom. The Kier molecular flexibility index (Phi) is 9.43. The largest absolute Gasteiger partial charge is 0.434 e. The van der Waals surface area contributed by atoms with Crippen molar-refractivity contribution in [1.82, 2.24) is 20.5 Å². The highest BCUT2D eigenvalue weighted by Gasteiger charge is 2.33. The summed E-state index contributed by atoms with van der Waals surface area (Å²) in [6, 6.07) is 0.516. The van der Waals surface area contributed by atoms with E-state index in [0.29, 0.717) is 30.0 Å². The van der Waals surface area contributed by atoms with Gasteiger partial charge in [-0.25, -0.2) is 4.98 Å². The Bertz CT molecular complexity index is 550.